The number of nitro groups is 1. The highest BCUT2D eigenvalue weighted by molar-refractivity contribution is 5.97. The average molecular weight is 343 g/mol. The summed E-state index contributed by atoms with van der Waals surface area (Å²) in [7, 11) is 0. The molecule has 2 rings (SSSR count). The van der Waals surface area contributed by atoms with Crippen LogP contribution in [0.4, 0.5) is 5.69 Å². The second-order valence-electron chi connectivity index (χ2n) is 5.34. The van der Waals surface area contributed by atoms with Gasteiger partial charge >= 0.3 is 0 Å². The van der Waals surface area contributed by atoms with E-state index in [0.717, 1.165) is 6.42 Å². The highest BCUT2D eigenvalue weighted by Crippen LogP contribution is 2.13. The van der Waals surface area contributed by atoms with E-state index in [4.69, 9.17) is 5.73 Å². The lowest BCUT2D eigenvalue weighted by Crippen LogP contribution is -2.46. The molecule has 1 fully saturated rings. The van der Waals surface area contributed by atoms with Crippen LogP contribution >= 0.6 is 12.4 Å². The van der Waals surface area contributed by atoms with Gasteiger partial charge in [-0.05, 0) is 19.4 Å². The van der Waals surface area contributed by atoms with E-state index < -0.39 is 16.9 Å². The highest BCUT2D eigenvalue weighted by Gasteiger charge is 2.28. The van der Waals surface area contributed by atoms with Gasteiger partial charge in [0.05, 0.1) is 4.92 Å². The van der Waals surface area contributed by atoms with Crippen molar-refractivity contribution in [1.29, 1.82) is 0 Å². The molecule has 0 aliphatic carbocycles. The fraction of sp³-hybridized carbons (Fsp3) is 0.429. The first kappa shape index (κ1) is 18.9. The third-order valence-corrected chi connectivity index (χ3v) is 3.57. The molecular weight excluding hydrogens is 324 g/mol. The molecule has 2 atom stereocenters. The number of amides is 2. The first-order valence-corrected chi connectivity index (χ1v) is 6.98. The van der Waals surface area contributed by atoms with Gasteiger partial charge in [-0.25, -0.2) is 0 Å². The molecule has 1 aromatic rings. The number of rotatable bonds is 4. The van der Waals surface area contributed by atoms with Gasteiger partial charge in [-0.1, -0.05) is 6.07 Å². The summed E-state index contributed by atoms with van der Waals surface area (Å²) in [6, 6.07) is 4.64. The molecule has 1 saturated heterocycles. The van der Waals surface area contributed by atoms with E-state index in [9.17, 15) is 19.7 Å². The van der Waals surface area contributed by atoms with E-state index in [-0.39, 0.29) is 35.6 Å². The van der Waals surface area contributed by atoms with Crippen molar-refractivity contribution in [3.05, 3.63) is 39.9 Å². The minimum Gasteiger partial charge on any atom is -0.341 e. The smallest absolute Gasteiger partial charge is 0.270 e. The Bertz CT molecular complexity index is 610. The lowest BCUT2D eigenvalue weighted by molar-refractivity contribution is -0.384. The van der Waals surface area contributed by atoms with Crippen molar-refractivity contribution in [1.82, 2.24) is 10.2 Å². The van der Waals surface area contributed by atoms with Gasteiger partial charge in [0.25, 0.3) is 11.6 Å². The summed E-state index contributed by atoms with van der Waals surface area (Å²) in [6.07, 6.45) is 0.747. The van der Waals surface area contributed by atoms with E-state index in [1.54, 1.807) is 11.8 Å². The minimum atomic E-state index is -0.711. The van der Waals surface area contributed by atoms with Gasteiger partial charge in [-0.3, -0.25) is 19.7 Å². The molecule has 0 radical (unpaired) electrons. The summed E-state index contributed by atoms with van der Waals surface area (Å²) in [5, 5.41) is 13.3. The molecule has 2 amide bonds. The largest absolute Gasteiger partial charge is 0.341 e. The number of nitrogens with zero attached hydrogens (tertiary/aromatic N) is 2. The number of carbonyl (C=O) groups excluding carboxylic acids is 2. The van der Waals surface area contributed by atoms with Crippen molar-refractivity contribution < 1.29 is 14.5 Å². The number of nitro benzene ring substituents is 1. The van der Waals surface area contributed by atoms with Crippen LogP contribution < -0.4 is 11.1 Å². The number of hydrogen-bond donors (Lipinski definition) is 2. The zero-order valence-corrected chi connectivity index (χ0v) is 13.4. The van der Waals surface area contributed by atoms with Gasteiger partial charge in [-0.2, -0.15) is 0 Å². The molecule has 23 heavy (non-hydrogen) atoms. The van der Waals surface area contributed by atoms with Crippen molar-refractivity contribution >= 4 is 29.9 Å². The topological polar surface area (TPSA) is 119 Å². The van der Waals surface area contributed by atoms with Gasteiger partial charge < -0.3 is 16.0 Å². The Morgan fingerprint density at radius 1 is 1.48 bits per heavy atom. The van der Waals surface area contributed by atoms with E-state index in [0.29, 0.717) is 13.1 Å². The lowest BCUT2D eigenvalue weighted by atomic mass is 10.1. The van der Waals surface area contributed by atoms with Crippen molar-refractivity contribution in [3.63, 3.8) is 0 Å². The first-order chi connectivity index (χ1) is 10.4. The molecule has 1 unspecified atom stereocenters. The molecule has 1 heterocycles. The summed E-state index contributed by atoms with van der Waals surface area (Å²) in [5.74, 6) is -0.722. The van der Waals surface area contributed by atoms with Crippen molar-refractivity contribution in [3.8, 4) is 0 Å². The lowest BCUT2D eigenvalue weighted by Gasteiger charge is -2.21. The Morgan fingerprint density at radius 3 is 2.74 bits per heavy atom. The Labute approximate surface area is 139 Å². The maximum atomic E-state index is 12.2. The zero-order chi connectivity index (χ0) is 16.3. The Hall–Kier alpha value is -2.19. The molecule has 1 aromatic carbocycles. The molecule has 3 N–H and O–H groups in total. The van der Waals surface area contributed by atoms with Gasteiger partial charge in [0.2, 0.25) is 5.91 Å². The number of nitrogens with two attached hydrogens (primary N) is 1. The maximum Gasteiger partial charge on any atom is 0.270 e. The monoisotopic (exact) mass is 342 g/mol. The quantitative estimate of drug-likeness (QED) is 0.616. The van der Waals surface area contributed by atoms with E-state index in [1.807, 2.05) is 0 Å². The summed E-state index contributed by atoms with van der Waals surface area (Å²) < 4.78 is 0. The molecule has 0 spiro atoms. The molecule has 126 valence electrons. The van der Waals surface area contributed by atoms with Crippen LogP contribution in [0, 0.1) is 10.1 Å². The number of halogens is 1. The fourth-order valence-corrected chi connectivity index (χ4v) is 2.36. The van der Waals surface area contributed by atoms with Gasteiger partial charge in [0, 0.05) is 36.8 Å². The SMILES string of the molecule is CC(NC(=O)c1cccc([N+](=O)[O-])c1)C(=O)N1CC[C@@H](N)C1.Cl. The molecule has 8 nitrogen and oxygen atoms in total. The Morgan fingerprint density at radius 2 is 2.17 bits per heavy atom. The van der Waals surface area contributed by atoms with E-state index in [2.05, 4.69) is 5.32 Å². The zero-order valence-electron chi connectivity index (χ0n) is 12.6. The molecule has 0 bridgehead atoms. The molecule has 9 heteroatoms. The van der Waals surface area contributed by atoms with Crippen LogP contribution in [0.5, 0.6) is 0 Å². The van der Waals surface area contributed by atoms with Crippen molar-refractivity contribution in [2.75, 3.05) is 13.1 Å². The molecular formula is C14H19ClN4O4. The standard InChI is InChI=1S/C14H18N4O4.ClH/c1-9(14(20)17-6-5-11(15)8-17)16-13(19)10-3-2-4-12(7-10)18(21)22;/h2-4,7,9,11H,5-6,8,15H2,1H3,(H,16,19);1H/t9?,11-;/m1./s1. The number of nitrogens with one attached hydrogen (secondary N) is 1. The molecule has 0 aromatic heterocycles. The maximum absolute atomic E-state index is 12.2. The van der Waals surface area contributed by atoms with Crippen LogP contribution in [0.2, 0.25) is 0 Å². The normalized spacial score (nSPS) is 18.0. The van der Waals surface area contributed by atoms with Crippen molar-refractivity contribution in [2.45, 2.75) is 25.4 Å². The number of non-ortho nitro benzene ring substituents is 1. The van der Waals surface area contributed by atoms with Gasteiger partial charge in [0.1, 0.15) is 6.04 Å². The predicted molar refractivity (Wildman–Crippen MR) is 86.4 cm³/mol. The van der Waals surface area contributed by atoms with Gasteiger partial charge in [-0.15, -0.1) is 12.4 Å². The summed E-state index contributed by atoms with van der Waals surface area (Å²) in [5.41, 5.74) is 5.73. The third kappa shape index (κ3) is 4.64. The highest BCUT2D eigenvalue weighted by atomic mass is 35.5. The van der Waals surface area contributed by atoms with Crippen LogP contribution in [-0.4, -0.2) is 46.8 Å². The van der Waals surface area contributed by atoms with Crippen LogP contribution in [0.25, 0.3) is 0 Å². The average Bonchev–Trinajstić information content (AvgIpc) is 2.93. The molecule has 1 aliphatic rings. The summed E-state index contributed by atoms with van der Waals surface area (Å²) in [6.45, 7) is 2.65. The number of benzene rings is 1. The van der Waals surface area contributed by atoms with Crippen LogP contribution in [0.3, 0.4) is 0 Å². The van der Waals surface area contributed by atoms with Crippen LogP contribution in [0.15, 0.2) is 24.3 Å². The second kappa shape index (κ2) is 7.89. The second-order valence-corrected chi connectivity index (χ2v) is 5.34. The number of hydrogen-bond acceptors (Lipinski definition) is 5. The fourth-order valence-electron chi connectivity index (χ4n) is 2.36. The minimum absolute atomic E-state index is 0. The van der Waals surface area contributed by atoms with Gasteiger partial charge in [0.15, 0.2) is 0 Å². The summed E-state index contributed by atoms with van der Waals surface area (Å²) >= 11 is 0. The van der Waals surface area contributed by atoms with E-state index >= 15 is 0 Å². The molecule has 0 saturated carbocycles. The summed E-state index contributed by atoms with van der Waals surface area (Å²) in [4.78, 5) is 36.0. The first-order valence-electron chi connectivity index (χ1n) is 6.98. The third-order valence-electron chi connectivity index (χ3n) is 3.57. The predicted octanol–water partition coefficient (Wildman–Crippen LogP) is 0.694. The molecule has 1 aliphatic heterocycles. The van der Waals surface area contributed by atoms with E-state index in [1.165, 1.54) is 24.3 Å². The Balaban J connectivity index is 0.00000264. The van der Waals surface area contributed by atoms with Crippen molar-refractivity contribution in [2.24, 2.45) is 5.73 Å². The Kier molecular flexibility index (Phi) is 6.47. The van der Waals surface area contributed by atoms with Crippen LogP contribution in [0.1, 0.15) is 23.7 Å². The number of likely N-dealkylation sites (tertiary alicyclic amines) is 1. The van der Waals surface area contributed by atoms with Crippen LogP contribution in [-0.2, 0) is 4.79 Å². The number of carbonyl (C=O) groups is 2.